The molecular formula is C8H18Si. The molecule has 0 saturated carbocycles. The molecule has 9 heavy (non-hydrogen) atoms. The average molecular weight is 142 g/mol. The molecule has 0 aliphatic heterocycles. The minimum absolute atomic E-state index is 0.902. The van der Waals surface area contributed by atoms with Gasteiger partial charge in [0.05, 0.1) is 8.07 Å². The molecule has 0 aliphatic carbocycles. The Morgan fingerprint density at radius 3 is 1.89 bits per heavy atom. The van der Waals surface area contributed by atoms with Gasteiger partial charge in [-0.15, -0.1) is 0 Å². The molecule has 1 heteroatoms. The summed E-state index contributed by atoms with van der Waals surface area (Å²) >= 11 is 0. The van der Waals surface area contributed by atoms with Gasteiger partial charge >= 0.3 is 0 Å². The molecule has 0 radical (unpaired) electrons. The standard InChI is InChI=1S/C8H18Si/c1-6-9(4,5)7-8(2)3/h7H,6H2,1-5H3. The minimum Gasteiger partial charge on any atom is -0.0961 e. The van der Waals surface area contributed by atoms with Crippen molar-refractivity contribution in [3.8, 4) is 0 Å². The van der Waals surface area contributed by atoms with Crippen molar-refractivity contribution in [1.29, 1.82) is 0 Å². The summed E-state index contributed by atoms with van der Waals surface area (Å²) in [5.41, 5.74) is 3.95. The molecule has 0 aromatic rings. The quantitative estimate of drug-likeness (QED) is 0.519. The summed E-state index contributed by atoms with van der Waals surface area (Å²) in [7, 11) is -0.902. The van der Waals surface area contributed by atoms with Crippen molar-refractivity contribution in [2.24, 2.45) is 0 Å². The van der Waals surface area contributed by atoms with Crippen molar-refractivity contribution in [2.75, 3.05) is 0 Å². The van der Waals surface area contributed by atoms with Crippen LogP contribution >= 0.6 is 0 Å². The van der Waals surface area contributed by atoms with E-state index in [9.17, 15) is 0 Å². The third kappa shape index (κ3) is 4.46. The fraction of sp³-hybridized carbons (Fsp3) is 0.750. The molecule has 0 saturated heterocycles. The Hall–Kier alpha value is -0.0431. The molecule has 0 N–H and O–H groups in total. The molecule has 0 fully saturated rings. The zero-order valence-electron chi connectivity index (χ0n) is 7.28. The Balaban J connectivity index is 4.01. The molecule has 0 aliphatic rings. The lowest BCUT2D eigenvalue weighted by atomic mass is 10.4. The number of hydrogen-bond donors (Lipinski definition) is 0. The molecule has 0 rings (SSSR count). The molecule has 0 unspecified atom stereocenters. The van der Waals surface area contributed by atoms with Gasteiger partial charge in [0, 0.05) is 0 Å². The van der Waals surface area contributed by atoms with Crippen LogP contribution in [-0.2, 0) is 0 Å². The monoisotopic (exact) mass is 142 g/mol. The number of allylic oxidation sites excluding steroid dienone is 1. The van der Waals surface area contributed by atoms with Gasteiger partial charge in [0.15, 0.2) is 0 Å². The maximum absolute atomic E-state index is 2.47. The summed E-state index contributed by atoms with van der Waals surface area (Å²) in [6.07, 6.45) is 0. The van der Waals surface area contributed by atoms with Crippen LogP contribution in [0.15, 0.2) is 11.3 Å². The van der Waals surface area contributed by atoms with Crippen molar-refractivity contribution in [2.45, 2.75) is 39.9 Å². The third-order valence-corrected chi connectivity index (χ3v) is 4.77. The second-order valence-corrected chi connectivity index (χ2v) is 8.54. The fourth-order valence-electron chi connectivity index (χ4n) is 0.884. The van der Waals surface area contributed by atoms with Gasteiger partial charge in [-0.3, -0.25) is 0 Å². The molecule has 0 aromatic heterocycles. The normalized spacial score (nSPS) is 11.2. The highest BCUT2D eigenvalue weighted by Gasteiger charge is 2.12. The first-order valence-electron chi connectivity index (χ1n) is 3.64. The summed E-state index contributed by atoms with van der Waals surface area (Å²) in [6.45, 7) is 11.5. The van der Waals surface area contributed by atoms with Crippen molar-refractivity contribution < 1.29 is 0 Å². The Kier molecular flexibility index (Phi) is 3.19. The second kappa shape index (κ2) is 3.21. The fourth-order valence-corrected chi connectivity index (χ4v) is 2.65. The summed E-state index contributed by atoms with van der Waals surface area (Å²) in [6, 6.07) is 1.36. The topological polar surface area (TPSA) is 0 Å². The van der Waals surface area contributed by atoms with Crippen LogP contribution < -0.4 is 0 Å². The molecule has 0 bridgehead atoms. The van der Waals surface area contributed by atoms with Crippen LogP contribution in [0.5, 0.6) is 0 Å². The van der Waals surface area contributed by atoms with Gasteiger partial charge in [-0.1, -0.05) is 37.3 Å². The highest BCUT2D eigenvalue weighted by Crippen LogP contribution is 2.11. The van der Waals surface area contributed by atoms with Crippen LogP contribution in [0, 0.1) is 0 Å². The first kappa shape index (κ1) is 8.96. The highest BCUT2D eigenvalue weighted by atomic mass is 28.3. The maximum atomic E-state index is 2.47. The van der Waals surface area contributed by atoms with E-state index in [1.807, 2.05) is 0 Å². The largest absolute Gasteiger partial charge is 0.0961 e. The van der Waals surface area contributed by atoms with E-state index in [1.54, 1.807) is 0 Å². The van der Waals surface area contributed by atoms with Gasteiger partial charge < -0.3 is 0 Å². The molecule has 0 heterocycles. The minimum atomic E-state index is -0.902. The molecule has 0 aromatic carbocycles. The van der Waals surface area contributed by atoms with Crippen molar-refractivity contribution in [3.05, 3.63) is 11.3 Å². The van der Waals surface area contributed by atoms with Gasteiger partial charge in [-0.05, 0) is 13.8 Å². The number of rotatable bonds is 2. The lowest BCUT2D eigenvalue weighted by molar-refractivity contribution is 1.34. The second-order valence-electron chi connectivity index (χ2n) is 3.56. The molecule has 0 atom stereocenters. The van der Waals surface area contributed by atoms with E-state index in [-0.39, 0.29) is 0 Å². The summed E-state index contributed by atoms with van der Waals surface area (Å²) in [4.78, 5) is 0. The van der Waals surface area contributed by atoms with Crippen molar-refractivity contribution >= 4 is 8.07 Å². The van der Waals surface area contributed by atoms with E-state index in [1.165, 1.54) is 11.6 Å². The first-order valence-corrected chi connectivity index (χ1v) is 6.92. The predicted octanol–water partition coefficient (Wildman–Crippen LogP) is 3.22. The van der Waals surface area contributed by atoms with Crippen molar-refractivity contribution in [1.82, 2.24) is 0 Å². The third-order valence-electron chi connectivity index (χ3n) is 1.59. The Morgan fingerprint density at radius 1 is 1.33 bits per heavy atom. The van der Waals surface area contributed by atoms with Gasteiger partial charge in [0.1, 0.15) is 0 Å². The smallest absolute Gasteiger partial charge is 0.0713 e. The molecular weight excluding hydrogens is 124 g/mol. The summed E-state index contributed by atoms with van der Waals surface area (Å²) < 4.78 is 0. The van der Waals surface area contributed by atoms with E-state index in [2.05, 4.69) is 39.6 Å². The molecule has 0 spiro atoms. The summed E-state index contributed by atoms with van der Waals surface area (Å²) in [5, 5.41) is 0. The lowest BCUT2D eigenvalue weighted by Crippen LogP contribution is -2.20. The van der Waals surface area contributed by atoms with E-state index in [4.69, 9.17) is 0 Å². The van der Waals surface area contributed by atoms with Crippen LogP contribution in [0.25, 0.3) is 0 Å². The Morgan fingerprint density at radius 2 is 1.78 bits per heavy atom. The van der Waals surface area contributed by atoms with E-state index in [0.717, 1.165) is 0 Å². The van der Waals surface area contributed by atoms with Gasteiger partial charge in [0.2, 0.25) is 0 Å². The predicted molar refractivity (Wildman–Crippen MR) is 47.4 cm³/mol. The Labute approximate surface area is 60.0 Å². The van der Waals surface area contributed by atoms with Crippen LogP contribution in [0.1, 0.15) is 20.8 Å². The zero-order chi connectivity index (χ0) is 7.49. The molecule has 0 nitrogen and oxygen atoms in total. The highest BCUT2D eigenvalue weighted by molar-refractivity contribution is 6.82. The van der Waals surface area contributed by atoms with E-state index in [0.29, 0.717) is 0 Å². The van der Waals surface area contributed by atoms with Gasteiger partial charge in [-0.25, -0.2) is 0 Å². The Bertz CT molecular complexity index is 108. The van der Waals surface area contributed by atoms with Crippen LogP contribution in [-0.4, -0.2) is 8.07 Å². The van der Waals surface area contributed by atoms with Crippen LogP contribution in [0.2, 0.25) is 19.1 Å². The SMILES string of the molecule is CC[Si](C)(C)C=C(C)C. The van der Waals surface area contributed by atoms with Crippen molar-refractivity contribution in [3.63, 3.8) is 0 Å². The van der Waals surface area contributed by atoms with Crippen LogP contribution in [0.3, 0.4) is 0 Å². The molecule has 0 amide bonds. The van der Waals surface area contributed by atoms with Crippen LogP contribution in [0.4, 0.5) is 0 Å². The zero-order valence-corrected chi connectivity index (χ0v) is 8.28. The van der Waals surface area contributed by atoms with E-state index < -0.39 is 8.07 Å². The van der Waals surface area contributed by atoms with Gasteiger partial charge in [-0.2, -0.15) is 0 Å². The summed E-state index contributed by atoms with van der Waals surface area (Å²) in [5.74, 6) is 0. The van der Waals surface area contributed by atoms with Gasteiger partial charge in [0.25, 0.3) is 0 Å². The maximum Gasteiger partial charge on any atom is 0.0713 e. The van der Waals surface area contributed by atoms with E-state index >= 15 is 0 Å². The average Bonchev–Trinajstić information content (AvgIpc) is 1.63. The number of hydrogen-bond acceptors (Lipinski definition) is 0. The molecule has 54 valence electrons. The first-order chi connectivity index (χ1) is 3.98. The lowest BCUT2D eigenvalue weighted by Gasteiger charge is -2.14.